The lowest BCUT2D eigenvalue weighted by Crippen LogP contribution is -1.79. The summed E-state index contributed by atoms with van der Waals surface area (Å²) in [6.07, 6.45) is 2.00. The molecule has 0 aromatic heterocycles. The first-order chi connectivity index (χ1) is 9.78. The average molecular weight is 262 g/mol. The van der Waals surface area contributed by atoms with Gasteiger partial charge in [-0.1, -0.05) is 30.6 Å². The molecule has 2 rings (SSSR count). The highest BCUT2D eigenvalue weighted by atomic mass is 19.1. The first-order valence-corrected chi connectivity index (χ1v) is 6.64. The molecule has 0 saturated carbocycles. The van der Waals surface area contributed by atoms with Gasteiger partial charge in [-0.2, -0.15) is 0 Å². The summed E-state index contributed by atoms with van der Waals surface area (Å²) in [7, 11) is 0. The molecule has 2 aromatic rings. The van der Waals surface area contributed by atoms with E-state index in [0.717, 1.165) is 29.5 Å². The van der Waals surface area contributed by atoms with Crippen molar-refractivity contribution in [2.45, 2.75) is 19.8 Å². The Kier molecular flexibility index (Phi) is 4.99. The monoisotopic (exact) mass is 262 g/mol. The normalized spacial score (nSPS) is 9.10. The van der Waals surface area contributed by atoms with E-state index >= 15 is 0 Å². The van der Waals surface area contributed by atoms with Crippen LogP contribution in [0, 0.1) is 29.5 Å². The number of hydrogen-bond donors (Lipinski definition) is 0. The van der Waals surface area contributed by atoms with Crippen molar-refractivity contribution < 1.29 is 4.39 Å². The van der Waals surface area contributed by atoms with Crippen molar-refractivity contribution in [3.63, 3.8) is 0 Å². The summed E-state index contributed by atoms with van der Waals surface area (Å²) in [6.45, 7) is 2.11. The summed E-state index contributed by atoms with van der Waals surface area (Å²) >= 11 is 0. The summed E-state index contributed by atoms with van der Waals surface area (Å²) in [4.78, 5) is 0. The zero-order chi connectivity index (χ0) is 14.2. The lowest BCUT2D eigenvalue weighted by molar-refractivity contribution is 0.627. The Morgan fingerprint density at radius 3 is 1.70 bits per heavy atom. The number of halogens is 1. The van der Waals surface area contributed by atoms with Crippen LogP contribution in [0.4, 0.5) is 4.39 Å². The van der Waals surface area contributed by atoms with E-state index in [2.05, 4.69) is 30.6 Å². The van der Waals surface area contributed by atoms with Crippen molar-refractivity contribution in [2.24, 2.45) is 0 Å². The molecule has 0 amide bonds. The Bertz CT molecular complexity index is 671. The Labute approximate surface area is 119 Å². The van der Waals surface area contributed by atoms with E-state index in [-0.39, 0.29) is 5.82 Å². The van der Waals surface area contributed by atoms with E-state index in [4.69, 9.17) is 0 Å². The molecule has 0 saturated heterocycles. The van der Waals surface area contributed by atoms with Gasteiger partial charge in [-0.25, -0.2) is 4.39 Å². The fraction of sp³-hybridized carbons (Fsp3) is 0.158. The van der Waals surface area contributed by atoms with Crippen molar-refractivity contribution >= 4 is 0 Å². The third-order valence-corrected chi connectivity index (χ3v) is 2.69. The Hall–Kier alpha value is -2.51. The largest absolute Gasteiger partial charge is 0.207 e. The van der Waals surface area contributed by atoms with Crippen LogP contribution in [-0.2, 0) is 0 Å². The number of rotatable bonds is 1. The van der Waals surface area contributed by atoms with Crippen molar-refractivity contribution in [3.8, 4) is 23.7 Å². The van der Waals surface area contributed by atoms with E-state index in [1.54, 1.807) is 12.1 Å². The molecule has 0 radical (unpaired) electrons. The lowest BCUT2D eigenvalue weighted by atomic mass is 10.1. The molecule has 20 heavy (non-hydrogen) atoms. The van der Waals surface area contributed by atoms with E-state index in [1.165, 1.54) is 12.1 Å². The third-order valence-electron chi connectivity index (χ3n) is 2.69. The molecule has 0 bridgehead atoms. The summed E-state index contributed by atoms with van der Waals surface area (Å²) in [5, 5.41) is 0. The van der Waals surface area contributed by atoms with Crippen LogP contribution in [0.5, 0.6) is 0 Å². The number of benzene rings is 2. The predicted molar refractivity (Wildman–Crippen MR) is 80.6 cm³/mol. The zero-order valence-electron chi connectivity index (χ0n) is 11.4. The maximum Gasteiger partial charge on any atom is 0.123 e. The van der Waals surface area contributed by atoms with Crippen LogP contribution in [0.25, 0.3) is 0 Å². The summed E-state index contributed by atoms with van der Waals surface area (Å²) in [5.41, 5.74) is 2.74. The van der Waals surface area contributed by atoms with Crippen LogP contribution >= 0.6 is 0 Å². The van der Waals surface area contributed by atoms with E-state index in [9.17, 15) is 4.39 Å². The molecule has 0 nitrogen and oxygen atoms in total. The predicted octanol–water partition coefficient (Wildman–Crippen LogP) is 4.38. The standard InChI is InChI=1S/C19H15F/c1-2-3-4-5-16-6-8-17(9-7-16)10-11-18-12-14-19(20)15-13-18/h6-9,12-15H,2-3H2,1H3. The second kappa shape index (κ2) is 7.17. The highest BCUT2D eigenvalue weighted by molar-refractivity contribution is 5.45. The van der Waals surface area contributed by atoms with E-state index < -0.39 is 0 Å². The molecule has 2 aromatic carbocycles. The Morgan fingerprint density at radius 2 is 1.20 bits per heavy atom. The maximum absolute atomic E-state index is 12.8. The maximum atomic E-state index is 12.8. The van der Waals surface area contributed by atoms with Gasteiger partial charge in [-0.05, 0) is 55.0 Å². The van der Waals surface area contributed by atoms with Crippen molar-refractivity contribution in [1.82, 2.24) is 0 Å². The molecule has 0 aliphatic carbocycles. The molecule has 0 N–H and O–H groups in total. The minimum atomic E-state index is -0.245. The van der Waals surface area contributed by atoms with Gasteiger partial charge in [-0.15, -0.1) is 0 Å². The van der Waals surface area contributed by atoms with E-state index in [1.807, 2.05) is 24.3 Å². The molecule has 1 heteroatoms. The minimum absolute atomic E-state index is 0.245. The summed E-state index contributed by atoms with van der Waals surface area (Å²) in [6, 6.07) is 14.0. The second-order valence-electron chi connectivity index (χ2n) is 4.39. The van der Waals surface area contributed by atoms with E-state index in [0.29, 0.717) is 0 Å². The van der Waals surface area contributed by atoms with Gasteiger partial charge < -0.3 is 0 Å². The molecule has 0 heterocycles. The van der Waals surface area contributed by atoms with Crippen LogP contribution in [0.15, 0.2) is 48.5 Å². The van der Waals surface area contributed by atoms with Gasteiger partial charge in [0.1, 0.15) is 5.82 Å². The highest BCUT2D eigenvalue weighted by Crippen LogP contribution is 2.04. The Balaban J connectivity index is 2.08. The molecule has 0 atom stereocenters. The summed E-state index contributed by atoms with van der Waals surface area (Å²) < 4.78 is 12.8. The molecule has 98 valence electrons. The van der Waals surface area contributed by atoms with Crippen LogP contribution in [0.3, 0.4) is 0 Å². The van der Waals surface area contributed by atoms with Crippen LogP contribution in [0.1, 0.15) is 36.5 Å². The van der Waals surface area contributed by atoms with Gasteiger partial charge in [0.15, 0.2) is 0 Å². The van der Waals surface area contributed by atoms with Gasteiger partial charge in [0.05, 0.1) is 0 Å². The molecule has 0 aliphatic rings. The molecule has 0 unspecified atom stereocenters. The van der Waals surface area contributed by atoms with Crippen LogP contribution in [-0.4, -0.2) is 0 Å². The topological polar surface area (TPSA) is 0 Å². The van der Waals surface area contributed by atoms with Crippen molar-refractivity contribution in [2.75, 3.05) is 0 Å². The van der Waals surface area contributed by atoms with Crippen molar-refractivity contribution in [3.05, 3.63) is 71.0 Å². The molecule has 0 spiro atoms. The van der Waals surface area contributed by atoms with Crippen LogP contribution in [0.2, 0.25) is 0 Å². The van der Waals surface area contributed by atoms with Crippen LogP contribution < -0.4 is 0 Å². The van der Waals surface area contributed by atoms with Gasteiger partial charge in [0, 0.05) is 23.1 Å². The van der Waals surface area contributed by atoms with Crippen molar-refractivity contribution in [1.29, 1.82) is 0 Å². The summed E-state index contributed by atoms with van der Waals surface area (Å²) in [5.74, 6) is 12.0. The number of hydrogen-bond acceptors (Lipinski definition) is 0. The second-order valence-corrected chi connectivity index (χ2v) is 4.39. The molecule has 0 fully saturated rings. The first kappa shape index (κ1) is 13.9. The zero-order valence-corrected chi connectivity index (χ0v) is 11.4. The average Bonchev–Trinajstić information content (AvgIpc) is 2.48. The Morgan fingerprint density at radius 1 is 0.750 bits per heavy atom. The molecule has 0 aliphatic heterocycles. The minimum Gasteiger partial charge on any atom is -0.207 e. The highest BCUT2D eigenvalue weighted by Gasteiger charge is 1.90. The van der Waals surface area contributed by atoms with Gasteiger partial charge >= 0.3 is 0 Å². The SMILES string of the molecule is CCCC#Cc1ccc(C#Cc2ccc(F)cc2)cc1. The smallest absolute Gasteiger partial charge is 0.123 e. The molecular formula is C19H15F. The molecular weight excluding hydrogens is 247 g/mol. The van der Waals surface area contributed by atoms with Gasteiger partial charge in [0.2, 0.25) is 0 Å². The lowest BCUT2D eigenvalue weighted by Gasteiger charge is -1.92. The van der Waals surface area contributed by atoms with Gasteiger partial charge in [-0.3, -0.25) is 0 Å². The third kappa shape index (κ3) is 4.30. The number of unbranched alkanes of at least 4 members (excludes halogenated alkanes) is 1. The quantitative estimate of drug-likeness (QED) is 0.669. The first-order valence-electron chi connectivity index (χ1n) is 6.64. The fourth-order valence-electron chi connectivity index (χ4n) is 1.60. The fourth-order valence-corrected chi connectivity index (χ4v) is 1.60. The van der Waals surface area contributed by atoms with Gasteiger partial charge in [0.25, 0.3) is 0 Å².